The fourth-order valence-corrected chi connectivity index (χ4v) is 1.86. The molecule has 0 bridgehead atoms. The topological polar surface area (TPSA) is 91.0 Å². The molecule has 1 saturated carbocycles. The molecule has 6 heteroatoms. The lowest BCUT2D eigenvalue weighted by Gasteiger charge is -2.01. The predicted octanol–water partition coefficient (Wildman–Crippen LogP) is 1.75. The van der Waals surface area contributed by atoms with E-state index in [0.29, 0.717) is 29.3 Å². The predicted molar refractivity (Wildman–Crippen MR) is 58.9 cm³/mol. The van der Waals surface area contributed by atoms with Crippen LogP contribution in [0, 0.1) is 19.8 Å². The standard InChI is InChI=1S/C11H14N4O2/c1-5-9(16-6(2)13-5)11-14-10(15-17-11)8(12)7-3-4-7/h7-8H,3-4,12H2,1-2H3. The highest BCUT2D eigenvalue weighted by Crippen LogP contribution is 2.38. The van der Waals surface area contributed by atoms with Gasteiger partial charge in [-0.1, -0.05) is 5.16 Å². The van der Waals surface area contributed by atoms with Crippen LogP contribution < -0.4 is 5.73 Å². The molecular weight excluding hydrogens is 220 g/mol. The summed E-state index contributed by atoms with van der Waals surface area (Å²) in [5.41, 5.74) is 6.75. The average molecular weight is 234 g/mol. The van der Waals surface area contributed by atoms with E-state index in [1.807, 2.05) is 6.92 Å². The van der Waals surface area contributed by atoms with Gasteiger partial charge in [-0.2, -0.15) is 4.98 Å². The molecule has 2 aromatic rings. The van der Waals surface area contributed by atoms with E-state index in [-0.39, 0.29) is 6.04 Å². The van der Waals surface area contributed by atoms with Crippen LogP contribution in [0.2, 0.25) is 0 Å². The Hall–Kier alpha value is -1.69. The first kappa shape index (κ1) is 10.5. The second-order valence-electron chi connectivity index (χ2n) is 4.47. The molecular formula is C11H14N4O2. The lowest BCUT2D eigenvalue weighted by molar-refractivity contribution is 0.398. The summed E-state index contributed by atoms with van der Waals surface area (Å²) in [5, 5.41) is 3.91. The van der Waals surface area contributed by atoms with E-state index < -0.39 is 0 Å². The first-order valence-electron chi connectivity index (χ1n) is 5.68. The molecule has 0 spiro atoms. The zero-order valence-electron chi connectivity index (χ0n) is 9.80. The number of nitrogens with two attached hydrogens (primary N) is 1. The van der Waals surface area contributed by atoms with Crippen molar-refractivity contribution in [3.05, 3.63) is 17.4 Å². The van der Waals surface area contributed by atoms with E-state index >= 15 is 0 Å². The number of aryl methyl sites for hydroxylation is 2. The zero-order valence-corrected chi connectivity index (χ0v) is 9.80. The summed E-state index contributed by atoms with van der Waals surface area (Å²) in [6.45, 7) is 3.63. The van der Waals surface area contributed by atoms with Crippen molar-refractivity contribution in [3.63, 3.8) is 0 Å². The summed E-state index contributed by atoms with van der Waals surface area (Å²) >= 11 is 0. The molecule has 17 heavy (non-hydrogen) atoms. The lowest BCUT2D eigenvalue weighted by atomic mass is 10.2. The monoisotopic (exact) mass is 234 g/mol. The number of hydrogen-bond donors (Lipinski definition) is 1. The van der Waals surface area contributed by atoms with Gasteiger partial charge in [-0.25, -0.2) is 4.98 Å². The van der Waals surface area contributed by atoms with Crippen LogP contribution in [0.3, 0.4) is 0 Å². The molecule has 0 aromatic carbocycles. The fourth-order valence-electron chi connectivity index (χ4n) is 1.86. The van der Waals surface area contributed by atoms with Crippen molar-refractivity contribution in [1.82, 2.24) is 15.1 Å². The summed E-state index contributed by atoms with van der Waals surface area (Å²) < 4.78 is 10.6. The molecule has 6 nitrogen and oxygen atoms in total. The van der Waals surface area contributed by atoms with Crippen LogP contribution in [0.4, 0.5) is 0 Å². The first-order valence-corrected chi connectivity index (χ1v) is 5.68. The number of hydrogen-bond acceptors (Lipinski definition) is 6. The Morgan fingerprint density at radius 1 is 1.29 bits per heavy atom. The van der Waals surface area contributed by atoms with E-state index in [4.69, 9.17) is 14.7 Å². The minimum Gasteiger partial charge on any atom is -0.436 e. The van der Waals surface area contributed by atoms with Crippen molar-refractivity contribution in [2.24, 2.45) is 11.7 Å². The van der Waals surface area contributed by atoms with Gasteiger partial charge in [0.1, 0.15) is 0 Å². The average Bonchev–Trinajstić information content (AvgIpc) is 2.93. The summed E-state index contributed by atoms with van der Waals surface area (Å²) in [7, 11) is 0. The highest BCUT2D eigenvalue weighted by atomic mass is 16.5. The molecule has 0 amide bonds. The van der Waals surface area contributed by atoms with Crippen LogP contribution in [0.1, 0.15) is 36.3 Å². The van der Waals surface area contributed by atoms with E-state index in [0.717, 1.165) is 18.5 Å². The molecule has 1 unspecified atom stereocenters. The third-order valence-corrected chi connectivity index (χ3v) is 2.97. The van der Waals surface area contributed by atoms with Crippen LogP contribution in [-0.2, 0) is 0 Å². The Morgan fingerprint density at radius 3 is 2.65 bits per heavy atom. The maximum Gasteiger partial charge on any atom is 0.295 e. The number of rotatable bonds is 3. The van der Waals surface area contributed by atoms with Crippen molar-refractivity contribution in [3.8, 4) is 11.7 Å². The zero-order chi connectivity index (χ0) is 12.0. The van der Waals surface area contributed by atoms with Gasteiger partial charge in [0.05, 0.1) is 11.7 Å². The van der Waals surface area contributed by atoms with Gasteiger partial charge >= 0.3 is 0 Å². The molecule has 1 atom stereocenters. The third kappa shape index (κ3) is 1.84. The lowest BCUT2D eigenvalue weighted by Crippen LogP contribution is -2.13. The smallest absolute Gasteiger partial charge is 0.295 e. The van der Waals surface area contributed by atoms with Crippen molar-refractivity contribution in [2.45, 2.75) is 32.7 Å². The van der Waals surface area contributed by atoms with Gasteiger partial charge in [-0.05, 0) is 25.7 Å². The van der Waals surface area contributed by atoms with Crippen molar-refractivity contribution in [1.29, 1.82) is 0 Å². The molecule has 1 aliphatic rings. The van der Waals surface area contributed by atoms with Crippen LogP contribution in [0.5, 0.6) is 0 Å². The molecule has 0 radical (unpaired) electrons. The first-order chi connectivity index (χ1) is 8.15. The van der Waals surface area contributed by atoms with Gasteiger partial charge in [0.2, 0.25) is 5.76 Å². The van der Waals surface area contributed by atoms with E-state index in [2.05, 4.69) is 15.1 Å². The second-order valence-corrected chi connectivity index (χ2v) is 4.47. The highest BCUT2D eigenvalue weighted by Gasteiger charge is 2.33. The molecule has 2 aromatic heterocycles. The molecule has 2 heterocycles. The van der Waals surface area contributed by atoms with Crippen LogP contribution in [0.25, 0.3) is 11.7 Å². The van der Waals surface area contributed by atoms with Gasteiger partial charge in [0, 0.05) is 6.92 Å². The number of nitrogens with zero attached hydrogens (tertiary/aromatic N) is 3. The minimum absolute atomic E-state index is 0.128. The van der Waals surface area contributed by atoms with Gasteiger partial charge in [-0.15, -0.1) is 0 Å². The summed E-state index contributed by atoms with van der Waals surface area (Å²) in [6, 6.07) is -0.128. The molecule has 2 N–H and O–H groups in total. The Morgan fingerprint density at radius 2 is 2.06 bits per heavy atom. The normalized spacial score (nSPS) is 17.4. The van der Waals surface area contributed by atoms with Gasteiger partial charge in [0.25, 0.3) is 5.89 Å². The molecule has 0 aliphatic heterocycles. The number of aromatic nitrogens is 3. The molecule has 90 valence electrons. The Balaban J connectivity index is 1.91. The largest absolute Gasteiger partial charge is 0.436 e. The summed E-state index contributed by atoms with van der Waals surface area (Å²) in [6.07, 6.45) is 2.29. The maximum atomic E-state index is 6.00. The fraction of sp³-hybridized carbons (Fsp3) is 0.545. The molecule has 3 rings (SSSR count). The van der Waals surface area contributed by atoms with E-state index in [1.54, 1.807) is 6.92 Å². The van der Waals surface area contributed by atoms with E-state index in [9.17, 15) is 0 Å². The van der Waals surface area contributed by atoms with Crippen molar-refractivity contribution in [2.75, 3.05) is 0 Å². The minimum atomic E-state index is -0.128. The Bertz CT molecular complexity index is 541. The van der Waals surface area contributed by atoms with Crippen LogP contribution in [0.15, 0.2) is 8.94 Å². The summed E-state index contributed by atoms with van der Waals surface area (Å²) in [4.78, 5) is 8.44. The Labute approximate surface area is 98.2 Å². The van der Waals surface area contributed by atoms with Crippen LogP contribution >= 0.6 is 0 Å². The van der Waals surface area contributed by atoms with Crippen LogP contribution in [-0.4, -0.2) is 15.1 Å². The van der Waals surface area contributed by atoms with E-state index in [1.165, 1.54) is 0 Å². The van der Waals surface area contributed by atoms with Crippen molar-refractivity contribution >= 4 is 0 Å². The summed E-state index contributed by atoms with van der Waals surface area (Å²) in [5.74, 6) is 2.52. The maximum absolute atomic E-state index is 6.00. The molecule has 1 aliphatic carbocycles. The van der Waals surface area contributed by atoms with Gasteiger partial charge in [-0.3, -0.25) is 0 Å². The van der Waals surface area contributed by atoms with Gasteiger partial charge in [0.15, 0.2) is 11.7 Å². The molecule has 0 saturated heterocycles. The Kier molecular flexibility index (Phi) is 2.25. The van der Waals surface area contributed by atoms with Gasteiger partial charge < -0.3 is 14.7 Å². The van der Waals surface area contributed by atoms with Crippen molar-refractivity contribution < 1.29 is 8.94 Å². The third-order valence-electron chi connectivity index (χ3n) is 2.97. The SMILES string of the molecule is Cc1nc(C)c(-c2nc(C(N)C3CC3)no2)o1. The number of oxazole rings is 1. The highest BCUT2D eigenvalue weighted by molar-refractivity contribution is 5.47. The quantitative estimate of drug-likeness (QED) is 0.869. The molecule has 1 fully saturated rings. The second kappa shape index (κ2) is 3.66.